The number of para-hydroxylation sites is 1. The minimum atomic E-state index is 0.656. The first-order chi connectivity index (χ1) is 9.20. The lowest BCUT2D eigenvalue weighted by molar-refractivity contribution is 0.202. The van der Waals surface area contributed by atoms with Crippen LogP contribution >= 0.6 is 0 Å². The first-order valence-corrected chi connectivity index (χ1v) is 6.31. The second-order valence-corrected chi connectivity index (χ2v) is 4.48. The molecule has 0 saturated carbocycles. The Bertz CT molecular complexity index is 515. The van der Waals surface area contributed by atoms with Gasteiger partial charge in [-0.25, -0.2) is 0 Å². The van der Waals surface area contributed by atoms with E-state index in [0.717, 1.165) is 30.1 Å². The molecule has 0 aliphatic rings. The van der Waals surface area contributed by atoms with E-state index in [1.807, 2.05) is 49.4 Å². The van der Waals surface area contributed by atoms with Crippen LogP contribution in [-0.2, 0) is 11.2 Å². The van der Waals surface area contributed by atoms with Crippen molar-refractivity contribution in [1.29, 1.82) is 0 Å². The van der Waals surface area contributed by atoms with Gasteiger partial charge in [0.1, 0.15) is 5.75 Å². The monoisotopic (exact) mass is 257 g/mol. The van der Waals surface area contributed by atoms with Gasteiger partial charge in [-0.3, -0.25) is 0 Å². The number of nitrogen functional groups attached to an aromatic ring is 1. The fourth-order valence-electron chi connectivity index (χ4n) is 1.88. The number of anilines is 1. The van der Waals surface area contributed by atoms with Crippen molar-refractivity contribution in [3.8, 4) is 11.5 Å². The molecule has 0 amide bonds. The summed E-state index contributed by atoms with van der Waals surface area (Å²) < 4.78 is 10.9. The highest BCUT2D eigenvalue weighted by molar-refractivity contribution is 5.57. The third kappa shape index (κ3) is 3.48. The molecule has 0 fully saturated rings. The molecule has 0 aromatic heterocycles. The van der Waals surface area contributed by atoms with Gasteiger partial charge >= 0.3 is 0 Å². The highest BCUT2D eigenvalue weighted by Gasteiger charge is 2.05. The molecule has 0 bridgehead atoms. The predicted octanol–water partition coefficient (Wildman–Crippen LogP) is 3.56. The first kappa shape index (κ1) is 13.4. The van der Waals surface area contributed by atoms with Gasteiger partial charge in [0.2, 0.25) is 0 Å². The molecular formula is C16H19NO2. The van der Waals surface area contributed by atoms with Gasteiger partial charge in [0.05, 0.1) is 12.3 Å². The normalized spacial score (nSPS) is 10.4. The third-order valence-corrected chi connectivity index (χ3v) is 2.98. The van der Waals surface area contributed by atoms with Gasteiger partial charge in [-0.05, 0) is 42.7 Å². The number of hydrogen-bond acceptors (Lipinski definition) is 3. The summed E-state index contributed by atoms with van der Waals surface area (Å²) in [6.45, 7) is 2.71. The maximum absolute atomic E-state index is 5.92. The van der Waals surface area contributed by atoms with Crippen molar-refractivity contribution < 1.29 is 9.47 Å². The molecule has 0 unspecified atom stereocenters. The van der Waals surface area contributed by atoms with Gasteiger partial charge in [-0.15, -0.1) is 0 Å². The summed E-state index contributed by atoms with van der Waals surface area (Å²) in [5.74, 6) is 1.52. The number of nitrogens with two attached hydrogens (primary N) is 1. The molecule has 2 N–H and O–H groups in total. The van der Waals surface area contributed by atoms with Crippen LogP contribution in [0.25, 0.3) is 0 Å². The lowest BCUT2D eigenvalue weighted by atomic mass is 10.1. The largest absolute Gasteiger partial charge is 0.455 e. The van der Waals surface area contributed by atoms with Crippen molar-refractivity contribution in [3.05, 3.63) is 53.6 Å². The van der Waals surface area contributed by atoms with Crippen LogP contribution in [0.1, 0.15) is 11.1 Å². The second kappa shape index (κ2) is 6.25. The van der Waals surface area contributed by atoms with Crippen molar-refractivity contribution in [2.24, 2.45) is 0 Å². The Morgan fingerprint density at radius 2 is 1.79 bits per heavy atom. The van der Waals surface area contributed by atoms with E-state index in [2.05, 4.69) is 0 Å². The smallest absolute Gasteiger partial charge is 0.153 e. The number of aryl methyl sites for hydroxylation is 1. The van der Waals surface area contributed by atoms with Gasteiger partial charge in [-0.1, -0.05) is 24.3 Å². The third-order valence-electron chi connectivity index (χ3n) is 2.98. The zero-order valence-electron chi connectivity index (χ0n) is 11.3. The van der Waals surface area contributed by atoms with Gasteiger partial charge in [0.15, 0.2) is 5.75 Å². The summed E-state index contributed by atoms with van der Waals surface area (Å²) in [6.07, 6.45) is 0.906. The summed E-state index contributed by atoms with van der Waals surface area (Å²) in [7, 11) is 1.71. The molecular weight excluding hydrogens is 238 g/mol. The Balaban J connectivity index is 2.11. The first-order valence-electron chi connectivity index (χ1n) is 6.31. The van der Waals surface area contributed by atoms with Crippen LogP contribution in [0.4, 0.5) is 5.69 Å². The van der Waals surface area contributed by atoms with E-state index >= 15 is 0 Å². The van der Waals surface area contributed by atoms with E-state index in [-0.39, 0.29) is 0 Å². The topological polar surface area (TPSA) is 44.5 Å². The Morgan fingerprint density at radius 3 is 2.42 bits per heavy atom. The average Bonchev–Trinajstić information content (AvgIpc) is 2.42. The van der Waals surface area contributed by atoms with Crippen LogP contribution in [-0.4, -0.2) is 13.7 Å². The Morgan fingerprint density at radius 1 is 1.05 bits per heavy atom. The molecule has 2 aromatic rings. The molecule has 0 atom stereocenters. The highest BCUT2D eigenvalue weighted by Crippen LogP contribution is 2.30. The molecule has 0 aliphatic heterocycles. The van der Waals surface area contributed by atoms with Crippen molar-refractivity contribution in [1.82, 2.24) is 0 Å². The molecule has 0 radical (unpaired) electrons. The van der Waals surface area contributed by atoms with E-state index in [4.69, 9.17) is 15.2 Å². The standard InChI is InChI=1S/C16H19NO2/c1-12-4-3-5-15(17)16(12)19-14-8-6-13(7-9-14)10-11-18-2/h3-9H,10-11,17H2,1-2H3. The summed E-state index contributed by atoms with van der Waals surface area (Å²) >= 11 is 0. The summed E-state index contributed by atoms with van der Waals surface area (Å²) in [4.78, 5) is 0. The molecule has 2 aromatic carbocycles. The van der Waals surface area contributed by atoms with Crippen molar-refractivity contribution in [2.45, 2.75) is 13.3 Å². The van der Waals surface area contributed by atoms with Crippen molar-refractivity contribution in [3.63, 3.8) is 0 Å². The SMILES string of the molecule is COCCc1ccc(Oc2c(C)cccc2N)cc1. The zero-order chi connectivity index (χ0) is 13.7. The molecule has 19 heavy (non-hydrogen) atoms. The summed E-state index contributed by atoms with van der Waals surface area (Å²) in [5.41, 5.74) is 8.84. The lowest BCUT2D eigenvalue weighted by Gasteiger charge is -2.11. The van der Waals surface area contributed by atoms with Crippen LogP contribution in [0.5, 0.6) is 11.5 Å². The van der Waals surface area contributed by atoms with Gasteiger partial charge in [0, 0.05) is 7.11 Å². The molecule has 3 heteroatoms. The molecule has 0 saturated heterocycles. The highest BCUT2D eigenvalue weighted by atomic mass is 16.5. The van der Waals surface area contributed by atoms with E-state index in [0.29, 0.717) is 5.69 Å². The lowest BCUT2D eigenvalue weighted by Crippen LogP contribution is -1.96. The average molecular weight is 257 g/mol. The molecule has 0 aliphatic carbocycles. The number of methoxy groups -OCH3 is 1. The van der Waals surface area contributed by atoms with Crippen LogP contribution in [0, 0.1) is 6.92 Å². The quantitative estimate of drug-likeness (QED) is 0.833. The maximum Gasteiger partial charge on any atom is 0.153 e. The number of ether oxygens (including phenoxy) is 2. The Kier molecular flexibility index (Phi) is 4.42. The second-order valence-electron chi connectivity index (χ2n) is 4.48. The molecule has 0 spiro atoms. The summed E-state index contributed by atoms with van der Waals surface area (Å²) in [6, 6.07) is 13.7. The van der Waals surface area contributed by atoms with Crippen LogP contribution in [0.3, 0.4) is 0 Å². The fourth-order valence-corrected chi connectivity index (χ4v) is 1.88. The van der Waals surface area contributed by atoms with E-state index < -0.39 is 0 Å². The zero-order valence-corrected chi connectivity index (χ0v) is 11.3. The van der Waals surface area contributed by atoms with Crippen molar-refractivity contribution >= 4 is 5.69 Å². The Labute approximate surface area is 114 Å². The minimum absolute atomic E-state index is 0.656. The van der Waals surface area contributed by atoms with Gasteiger partial charge in [-0.2, -0.15) is 0 Å². The number of benzene rings is 2. The Hall–Kier alpha value is -2.00. The molecule has 0 heterocycles. The van der Waals surface area contributed by atoms with Gasteiger partial charge < -0.3 is 15.2 Å². The van der Waals surface area contributed by atoms with Crippen LogP contribution in [0.15, 0.2) is 42.5 Å². The van der Waals surface area contributed by atoms with Crippen LogP contribution in [0.2, 0.25) is 0 Å². The minimum Gasteiger partial charge on any atom is -0.455 e. The number of hydrogen-bond donors (Lipinski definition) is 1. The summed E-state index contributed by atoms with van der Waals surface area (Å²) in [5, 5.41) is 0. The molecule has 100 valence electrons. The number of rotatable bonds is 5. The fraction of sp³-hybridized carbons (Fsp3) is 0.250. The maximum atomic E-state index is 5.92. The van der Waals surface area contributed by atoms with E-state index in [1.54, 1.807) is 7.11 Å². The van der Waals surface area contributed by atoms with E-state index in [1.165, 1.54) is 5.56 Å². The van der Waals surface area contributed by atoms with Crippen LogP contribution < -0.4 is 10.5 Å². The van der Waals surface area contributed by atoms with Gasteiger partial charge in [0.25, 0.3) is 0 Å². The predicted molar refractivity (Wildman–Crippen MR) is 77.7 cm³/mol. The molecule has 3 nitrogen and oxygen atoms in total. The molecule has 2 rings (SSSR count). The van der Waals surface area contributed by atoms with E-state index in [9.17, 15) is 0 Å². The van der Waals surface area contributed by atoms with Crippen molar-refractivity contribution in [2.75, 3.05) is 19.5 Å².